The van der Waals surface area contributed by atoms with Crippen molar-refractivity contribution < 1.29 is 9.59 Å². The number of nitrogens with zero attached hydrogens (tertiary/aromatic N) is 1. The summed E-state index contributed by atoms with van der Waals surface area (Å²) < 4.78 is 0.536. The van der Waals surface area contributed by atoms with Gasteiger partial charge in [-0.15, -0.1) is 12.6 Å². The standard InChI is InChI=1S/C11H10N2O2S2/c14-10-7-3-1-2-4-8(7)11(15)13(10)12-6-5-9(16)17/h1-4,12H,5-6H2,(H,16,17). The van der Waals surface area contributed by atoms with Crippen molar-refractivity contribution in [1.82, 2.24) is 10.4 Å². The van der Waals surface area contributed by atoms with Crippen LogP contribution < -0.4 is 5.43 Å². The summed E-state index contributed by atoms with van der Waals surface area (Å²) in [6.07, 6.45) is 0.520. The smallest absolute Gasteiger partial charge is 0.267 e. The predicted octanol–water partition coefficient (Wildman–Crippen LogP) is 1.43. The zero-order valence-electron chi connectivity index (χ0n) is 8.84. The summed E-state index contributed by atoms with van der Waals surface area (Å²) in [4.78, 5) is 23.7. The highest BCUT2D eigenvalue weighted by Gasteiger charge is 2.34. The van der Waals surface area contributed by atoms with Crippen LogP contribution in [0.2, 0.25) is 0 Å². The first-order valence-electron chi connectivity index (χ1n) is 5.04. The Hall–Kier alpha value is -1.24. The lowest BCUT2D eigenvalue weighted by Gasteiger charge is -2.14. The van der Waals surface area contributed by atoms with Crippen LogP contribution in [0.4, 0.5) is 0 Å². The van der Waals surface area contributed by atoms with E-state index in [-0.39, 0.29) is 11.8 Å². The molecule has 6 heteroatoms. The summed E-state index contributed by atoms with van der Waals surface area (Å²) in [7, 11) is 0. The first-order valence-corrected chi connectivity index (χ1v) is 5.90. The minimum atomic E-state index is -0.323. The summed E-state index contributed by atoms with van der Waals surface area (Å²) in [6.45, 7) is 0.411. The molecule has 0 fully saturated rings. The molecule has 1 aromatic carbocycles. The Morgan fingerprint density at radius 2 is 1.76 bits per heavy atom. The van der Waals surface area contributed by atoms with E-state index >= 15 is 0 Å². The van der Waals surface area contributed by atoms with Crippen molar-refractivity contribution in [3.63, 3.8) is 0 Å². The zero-order chi connectivity index (χ0) is 12.4. The monoisotopic (exact) mass is 266 g/mol. The average Bonchev–Trinajstić information content (AvgIpc) is 2.54. The molecule has 0 aromatic heterocycles. The summed E-state index contributed by atoms with van der Waals surface area (Å²) in [6, 6.07) is 6.74. The number of nitrogens with one attached hydrogen (secondary N) is 1. The van der Waals surface area contributed by atoms with Gasteiger partial charge in [0.2, 0.25) is 0 Å². The van der Waals surface area contributed by atoms with Crippen LogP contribution in [-0.4, -0.2) is 27.6 Å². The first kappa shape index (κ1) is 12.2. The van der Waals surface area contributed by atoms with E-state index in [4.69, 9.17) is 12.2 Å². The molecule has 0 saturated heterocycles. The van der Waals surface area contributed by atoms with Gasteiger partial charge in [-0.3, -0.25) is 9.59 Å². The van der Waals surface area contributed by atoms with Gasteiger partial charge in [-0.2, -0.15) is 0 Å². The normalized spacial score (nSPS) is 14.1. The van der Waals surface area contributed by atoms with Crippen molar-refractivity contribution in [2.75, 3.05) is 6.54 Å². The molecule has 2 rings (SSSR count). The van der Waals surface area contributed by atoms with Gasteiger partial charge in [0, 0.05) is 17.2 Å². The molecular formula is C11H10N2O2S2. The molecular weight excluding hydrogens is 256 g/mol. The van der Waals surface area contributed by atoms with Crippen molar-refractivity contribution in [1.29, 1.82) is 0 Å². The van der Waals surface area contributed by atoms with Crippen molar-refractivity contribution >= 4 is 40.9 Å². The Kier molecular flexibility index (Phi) is 3.56. The van der Waals surface area contributed by atoms with Gasteiger partial charge in [0.1, 0.15) is 0 Å². The molecule has 1 heterocycles. The number of hydrogen-bond acceptors (Lipinski definition) is 4. The van der Waals surface area contributed by atoms with Crippen molar-refractivity contribution in [2.24, 2.45) is 0 Å². The van der Waals surface area contributed by atoms with Gasteiger partial charge in [-0.25, -0.2) is 10.4 Å². The molecule has 0 aliphatic carbocycles. The third-order valence-electron chi connectivity index (χ3n) is 2.40. The number of hydrogen-bond donors (Lipinski definition) is 2. The minimum absolute atomic E-state index is 0.323. The zero-order valence-corrected chi connectivity index (χ0v) is 10.6. The number of thiocarbonyl (C=S) groups is 1. The molecule has 1 aromatic rings. The topological polar surface area (TPSA) is 49.4 Å². The van der Waals surface area contributed by atoms with Crippen LogP contribution in [0.1, 0.15) is 27.1 Å². The van der Waals surface area contributed by atoms with E-state index in [9.17, 15) is 9.59 Å². The SMILES string of the molecule is O=C1c2ccccc2C(=O)N1NCCC(=S)S. The fourth-order valence-electron chi connectivity index (χ4n) is 1.61. The fraction of sp³-hybridized carbons (Fsp3) is 0.182. The molecule has 0 radical (unpaired) electrons. The second kappa shape index (κ2) is 4.95. The molecule has 0 bridgehead atoms. The fourth-order valence-corrected chi connectivity index (χ4v) is 1.82. The van der Waals surface area contributed by atoms with Crippen molar-refractivity contribution in [3.05, 3.63) is 35.4 Å². The summed E-state index contributed by atoms with van der Waals surface area (Å²) in [5, 5.41) is 1.02. The summed E-state index contributed by atoms with van der Waals surface area (Å²) in [5.41, 5.74) is 3.62. The van der Waals surface area contributed by atoms with Gasteiger partial charge in [0.05, 0.1) is 11.1 Å². The van der Waals surface area contributed by atoms with E-state index in [0.29, 0.717) is 28.3 Å². The second-order valence-corrected chi connectivity index (χ2v) is 4.88. The van der Waals surface area contributed by atoms with Gasteiger partial charge in [0.15, 0.2) is 0 Å². The molecule has 17 heavy (non-hydrogen) atoms. The number of thiol groups is 1. The largest absolute Gasteiger partial charge is 0.276 e. The van der Waals surface area contributed by atoms with Crippen LogP contribution >= 0.6 is 24.8 Å². The summed E-state index contributed by atoms with van der Waals surface area (Å²) >= 11 is 8.77. The van der Waals surface area contributed by atoms with Gasteiger partial charge in [-0.05, 0) is 12.1 Å². The second-order valence-electron chi connectivity index (χ2n) is 3.54. The van der Waals surface area contributed by atoms with Crippen molar-refractivity contribution in [2.45, 2.75) is 6.42 Å². The van der Waals surface area contributed by atoms with E-state index in [1.165, 1.54) is 0 Å². The molecule has 0 atom stereocenters. The highest BCUT2D eigenvalue weighted by atomic mass is 32.1. The highest BCUT2D eigenvalue weighted by Crippen LogP contribution is 2.20. The number of hydrazine groups is 1. The van der Waals surface area contributed by atoms with Gasteiger partial charge < -0.3 is 0 Å². The van der Waals surface area contributed by atoms with Crippen molar-refractivity contribution in [3.8, 4) is 0 Å². The molecule has 0 saturated carbocycles. The molecule has 1 N–H and O–H groups in total. The Balaban J connectivity index is 2.11. The van der Waals surface area contributed by atoms with E-state index in [2.05, 4.69) is 18.1 Å². The van der Waals surface area contributed by atoms with Crippen LogP contribution in [0, 0.1) is 0 Å². The van der Waals surface area contributed by atoms with Crippen LogP contribution in [0.5, 0.6) is 0 Å². The number of rotatable bonds is 4. The van der Waals surface area contributed by atoms with Crippen LogP contribution in [0.25, 0.3) is 0 Å². The predicted molar refractivity (Wildman–Crippen MR) is 71.1 cm³/mol. The maximum Gasteiger partial charge on any atom is 0.276 e. The van der Waals surface area contributed by atoms with E-state index in [0.717, 1.165) is 5.01 Å². The third kappa shape index (κ3) is 2.38. The van der Waals surface area contributed by atoms with Crippen LogP contribution in [0.15, 0.2) is 24.3 Å². The molecule has 4 nitrogen and oxygen atoms in total. The van der Waals surface area contributed by atoms with Crippen LogP contribution in [0.3, 0.4) is 0 Å². The Labute approximate surface area is 109 Å². The van der Waals surface area contributed by atoms with E-state index in [1.807, 2.05) is 0 Å². The van der Waals surface area contributed by atoms with Crippen LogP contribution in [-0.2, 0) is 0 Å². The van der Waals surface area contributed by atoms with E-state index in [1.54, 1.807) is 24.3 Å². The van der Waals surface area contributed by atoms with E-state index < -0.39 is 0 Å². The number of carbonyl (C=O) groups is 2. The number of carbonyl (C=O) groups excluding carboxylic acids is 2. The molecule has 1 aliphatic heterocycles. The lowest BCUT2D eigenvalue weighted by Crippen LogP contribution is -2.43. The third-order valence-corrected chi connectivity index (χ3v) is 2.83. The Bertz CT molecular complexity index is 467. The molecule has 0 spiro atoms. The Morgan fingerprint density at radius 3 is 2.24 bits per heavy atom. The summed E-state index contributed by atoms with van der Waals surface area (Å²) in [5.74, 6) is -0.647. The lowest BCUT2D eigenvalue weighted by atomic mass is 10.1. The maximum atomic E-state index is 11.9. The molecule has 2 amide bonds. The number of benzene rings is 1. The minimum Gasteiger partial charge on any atom is -0.267 e. The number of imide groups is 1. The lowest BCUT2D eigenvalue weighted by molar-refractivity contribution is 0.0569. The van der Waals surface area contributed by atoms with Gasteiger partial charge >= 0.3 is 0 Å². The van der Waals surface area contributed by atoms with Gasteiger partial charge in [0.25, 0.3) is 11.8 Å². The quantitative estimate of drug-likeness (QED) is 0.492. The van der Waals surface area contributed by atoms with Gasteiger partial charge in [-0.1, -0.05) is 24.4 Å². The molecule has 1 aliphatic rings. The number of amides is 2. The number of fused-ring (bicyclic) bond motifs is 1. The maximum absolute atomic E-state index is 11.9. The highest BCUT2D eigenvalue weighted by molar-refractivity contribution is 8.11. The first-order chi connectivity index (χ1) is 8.11. The Morgan fingerprint density at radius 1 is 1.24 bits per heavy atom. The molecule has 88 valence electrons. The average molecular weight is 266 g/mol. The molecule has 0 unspecified atom stereocenters.